The Kier molecular flexibility index (Phi) is 9.93. The number of aliphatic hydroxyl groups is 1. The third-order valence-electron chi connectivity index (χ3n) is 2.84. The molecule has 1 atom stereocenters. The number of thiol groups is 2. The number of hydrogen-bond donors (Lipinski definition) is 3. The maximum Gasteiger partial charge on any atom is 0.0955 e. The summed E-state index contributed by atoms with van der Waals surface area (Å²) in [6.07, 6.45) is 9.28. The van der Waals surface area contributed by atoms with E-state index in [0.717, 1.165) is 48.0 Å². The van der Waals surface area contributed by atoms with Gasteiger partial charge < -0.3 is 5.11 Å². The van der Waals surface area contributed by atoms with Crippen LogP contribution in [0.1, 0.15) is 19.3 Å². The van der Waals surface area contributed by atoms with E-state index in [4.69, 9.17) is 0 Å². The first-order chi connectivity index (χ1) is 9.20. The zero-order valence-electron chi connectivity index (χ0n) is 11.3. The van der Waals surface area contributed by atoms with E-state index in [1.165, 1.54) is 11.3 Å². The second-order valence-corrected chi connectivity index (χ2v) is 7.78. The van der Waals surface area contributed by atoms with Crippen molar-refractivity contribution < 1.29 is 5.11 Å². The van der Waals surface area contributed by atoms with Gasteiger partial charge in [-0.2, -0.15) is 48.8 Å². The van der Waals surface area contributed by atoms with Crippen LogP contribution in [0.3, 0.4) is 0 Å². The molecule has 0 aromatic heterocycles. The first-order valence-corrected chi connectivity index (χ1v) is 10.3. The fourth-order valence-corrected chi connectivity index (χ4v) is 4.44. The van der Waals surface area contributed by atoms with E-state index < -0.39 is 5.60 Å². The molecule has 110 valence electrons. The molecule has 1 aliphatic rings. The molecule has 1 rings (SSSR count). The minimum absolute atomic E-state index is 0.638. The van der Waals surface area contributed by atoms with Crippen LogP contribution < -0.4 is 0 Å². The molecule has 0 saturated heterocycles. The Balaban J connectivity index is 2.22. The van der Waals surface area contributed by atoms with Gasteiger partial charge in [0.25, 0.3) is 0 Å². The van der Waals surface area contributed by atoms with Crippen LogP contribution in [-0.4, -0.2) is 45.2 Å². The standard InChI is InChI=1S/C14H24OS4/c15-14(12-19-10-2-8-17)5-3-13(4-6-14)11-18-9-1-7-16/h3-5,15-17H,1-2,6-12H2. The van der Waals surface area contributed by atoms with Gasteiger partial charge in [-0.05, 0) is 47.8 Å². The van der Waals surface area contributed by atoms with Gasteiger partial charge in [0, 0.05) is 11.5 Å². The maximum absolute atomic E-state index is 10.4. The second kappa shape index (κ2) is 10.6. The average molecular weight is 337 g/mol. The van der Waals surface area contributed by atoms with Crippen LogP contribution in [0.15, 0.2) is 23.8 Å². The largest absolute Gasteiger partial charge is 0.385 e. The molecule has 5 heteroatoms. The van der Waals surface area contributed by atoms with Crippen molar-refractivity contribution in [2.45, 2.75) is 24.9 Å². The average Bonchev–Trinajstić information content (AvgIpc) is 2.42. The summed E-state index contributed by atoms with van der Waals surface area (Å²) in [4.78, 5) is 0. The summed E-state index contributed by atoms with van der Waals surface area (Å²) in [7, 11) is 0. The Labute approximate surface area is 136 Å². The second-order valence-electron chi connectivity index (χ2n) is 4.68. The molecule has 19 heavy (non-hydrogen) atoms. The Morgan fingerprint density at radius 2 is 1.84 bits per heavy atom. The molecule has 0 radical (unpaired) electrons. The van der Waals surface area contributed by atoms with Crippen LogP contribution in [-0.2, 0) is 0 Å². The van der Waals surface area contributed by atoms with Crippen molar-refractivity contribution in [3.8, 4) is 0 Å². The molecule has 0 fully saturated rings. The predicted molar refractivity (Wildman–Crippen MR) is 98.4 cm³/mol. The molecule has 1 nitrogen and oxygen atoms in total. The number of thioether (sulfide) groups is 2. The third-order valence-corrected chi connectivity index (χ3v) is 5.87. The molecular weight excluding hydrogens is 312 g/mol. The molecule has 0 aliphatic heterocycles. The van der Waals surface area contributed by atoms with Gasteiger partial charge in [-0.3, -0.25) is 0 Å². The lowest BCUT2D eigenvalue weighted by molar-refractivity contribution is 0.119. The van der Waals surface area contributed by atoms with Crippen molar-refractivity contribution in [3.05, 3.63) is 23.8 Å². The Hall–Kier alpha value is 0.840. The molecule has 0 heterocycles. The van der Waals surface area contributed by atoms with Crippen LogP contribution in [0.2, 0.25) is 0 Å². The molecule has 0 spiro atoms. The van der Waals surface area contributed by atoms with Gasteiger partial charge in [0.05, 0.1) is 5.60 Å². The van der Waals surface area contributed by atoms with Crippen molar-refractivity contribution in [2.75, 3.05) is 34.5 Å². The molecule has 0 saturated carbocycles. The molecule has 0 bridgehead atoms. The summed E-state index contributed by atoms with van der Waals surface area (Å²) in [5.74, 6) is 5.97. The van der Waals surface area contributed by atoms with Crippen LogP contribution >= 0.6 is 48.8 Å². The van der Waals surface area contributed by atoms with Crippen LogP contribution in [0.4, 0.5) is 0 Å². The van der Waals surface area contributed by atoms with Crippen LogP contribution in [0.5, 0.6) is 0 Å². The summed E-state index contributed by atoms with van der Waals surface area (Å²) in [6, 6.07) is 0. The molecule has 1 unspecified atom stereocenters. The quantitative estimate of drug-likeness (QED) is 0.418. The minimum Gasteiger partial charge on any atom is -0.385 e. The first-order valence-electron chi connectivity index (χ1n) is 6.68. The summed E-state index contributed by atoms with van der Waals surface area (Å²) in [5, 5.41) is 10.4. The van der Waals surface area contributed by atoms with E-state index in [9.17, 15) is 5.11 Å². The van der Waals surface area contributed by atoms with E-state index in [-0.39, 0.29) is 0 Å². The SMILES string of the molecule is OC1(CSCCCS)C=CC(CSCCCS)=CC1. The summed E-state index contributed by atoms with van der Waals surface area (Å²) in [5.41, 5.74) is 0.703. The normalized spacial score (nSPS) is 22.6. The highest BCUT2D eigenvalue weighted by molar-refractivity contribution is 7.99. The van der Waals surface area contributed by atoms with Gasteiger partial charge in [0.15, 0.2) is 0 Å². The zero-order valence-corrected chi connectivity index (χ0v) is 14.7. The molecular formula is C14H24OS4. The number of hydrogen-bond acceptors (Lipinski definition) is 5. The van der Waals surface area contributed by atoms with E-state index >= 15 is 0 Å². The molecule has 0 aromatic carbocycles. The lowest BCUT2D eigenvalue weighted by Crippen LogP contribution is -2.30. The fourth-order valence-electron chi connectivity index (χ4n) is 1.69. The smallest absolute Gasteiger partial charge is 0.0955 e. The van der Waals surface area contributed by atoms with Gasteiger partial charge in [-0.1, -0.05) is 18.2 Å². The lowest BCUT2D eigenvalue weighted by Gasteiger charge is -2.26. The van der Waals surface area contributed by atoms with E-state index in [0.29, 0.717) is 0 Å². The van der Waals surface area contributed by atoms with Crippen molar-refractivity contribution in [3.63, 3.8) is 0 Å². The van der Waals surface area contributed by atoms with Gasteiger partial charge in [0.2, 0.25) is 0 Å². The molecule has 1 aliphatic carbocycles. The number of allylic oxidation sites excluding steroid dienone is 1. The van der Waals surface area contributed by atoms with Gasteiger partial charge in [-0.25, -0.2) is 0 Å². The van der Waals surface area contributed by atoms with Gasteiger partial charge in [0.1, 0.15) is 0 Å². The van der Waals surface area contributed by atoms with Crippen molar-refractivity contribution in [1.29, 1.82) is 0 Å². The minimum atomic E-state index is -0.638. The monoisotopic (exact) mass is 336 g/mol. The number of rotatable bonds is 10. The highest BCUT2D eigenvalue weighted by atomic mass is 32.2. The Morgan fingerprint density at radius 3 is 2.42 bits per heavy atom. The first kappa shape index (κ1) is 17.9. The lowest BCUT2D eigenvalue weighted by atomic mass is 9.94. The highest BCUT2D eigenvalue weighted by Crippen LogP contribution is 2.26. The topological polar surface area (TPSA) is 20.2 Å². The third kappa shape index (κ3) is 8.00. The van der Waals surface area contributed by atoms with Crippen molar-refractivity contribution in [1.82, 2.24) is 0 Å². The van der Waals surface area contributed by atoms with Gasteiger partial charge in [-0.15, -0.1) is 0 Å². The molecule has 1 N–H and O–H groups in total. The summed E-state index contributed by atoms with van der Waals surface area (Å²) in [6.45, 7) is 0. The highest BCUT2D eigenvalue weighted by Gasteiger charge is 2.24. The zero-order chi connectivity index (χ0) is 14.0. The van der Waals surface area contributed by atoms with Crippen molar-refractivity contribution >= 4 is 48.8 Å². The van der Waals surface area contributed by atoms with Crippen molar-refractivity contribution in [2.24, 2.45) is 0 Å². The van der Waals surface area contributed by atoms with E-state index in [1.807, 2.05) is 29.6 Å². The van der Waals surface area contributed by atoms with E-state index in [2.05, 4.69) is 37.4 Å². The Morgan fingerprint density at radius 1 is 1.16 bits per heavy atom. The van der Waals surface area contributed by atoms with Crippen LogP contribution in [0, 0.1) is 0 Å². The summed E-state index contributed by atoms with van der Waals surface area (Å²) < 4.78 is 0. The Bertz CT molecular complexity index is 304. The predicted octanol–water partition coefficient (Wildman–Crippen LogP) is 3.71. The van der Waals surface area contributed by atoms with E-state index in [1.54, 1.807) is 0 Å². The maximum atomic E-state index is 10.4. The molecule has 0 aromatic rings. The molecule has 0 amide bonds. The fraction of sp³-hybridized carbons (Fsp3) is 0.714. The van der Waals surface area contributed by atoms with Crippen LogP contribution in [0.25, 0.3) is 0 Å². The van der Waals surface area contributed by atoms with Gasteiger partial charge >= 0.3 is 0 Å². The summed E-state index contributed by atoms with van der Waals surface area (Å²) >= 11 is 12.2.